The van der Waals surface area contributed by atoms with Gasteiger partial charge in [-0.15, -0.1) is 16.9 Å². The second-order valence-electron chi connectivity index (χ2n) is 8.72. The fourth-order valence-electron chi connectivity index (χ4n) is 4.14. The molecule has 1 saturated heterocycles. The first-order valence-electron chi connectivity index (χ1n) is 11.9. The number of unbranched alkanes of at least 4 members (excludes halogenated alkanes) is 2. The lowest BCUT2D eigenvalue weighted by Crippen LogP contribution is -2.70. The summed E-state index contributed by atoms with van der Waals surface area (Å²) in [5.74, 6) is -2.24. The van der Waals surface area contributed by atoms with Crippen molar-refractivity contribution in [2.45, 2.75) is 54.9 Å². The quantitative estimate of drug-likeness (QED) is 0.149. The first-order chi connectivity index (χ1) is 18.3. The lowest BCUT2D eigenvalue weighted by atomic mass is 10.0. The number of aliphatic hydroxyl groups is 1. The molecule has 1 unspecified atom stereocenters. The van der Waals surface area contributed by atoms with Crippen molar-refractivity contribution in [1.29, 1.82) is 0 Å². The van der Waals surface area contributed by atoms with E-state index in [2.05, 4.69) is 20.8 Å². The number of hydrogen-bond acceptors (Lipinski definition) is 10. The molecule has 2 aliphatic rings. The summed E-state index contributed by atoms with van der Waals surface area (Å²) in [6.07, 6.45) is 1.11. The average Bonchev–Trinajstić information content (AvgIpc) is 3.36. The van der Waals surface area contributed by atoms with Gasteiger partial charge >= 0.3 is 5.97 Å². The van der Waals surface area contributed by atoms with Crippen molar-refractivity contribution in [1.82, 2.24) is 30.4 Å². The van der Waals surface area contributed by atoms with E-state index in [4.69, 9.17) is 5.73 Å². The van der Waals surface area contributed by atoms with E-state index < -0.39 is 35.3 Å². The number of carbonyl (C=O) groups is 4. The second kappa shape index (κ2) is 12.4. The van der Waals surface area contributed by atoms with Gasteiger partial charge in [0.1, 0.15) is 17.1 Å². The first kappa shape index (κ1) is 27.6. The van der Waals surface area contributed by atoms with E-state index in [9.17, 15) is 29.4 Å². The van der Waals surface area contributed by atoms with Crippen molar-refractivity contribution in [3.8, 4) is 0 Å². The molecular formula is C23H27N7O6S2. The Labute approximate surface area is 226 Å². The highest BCUT2D eigenvalue weighted by Crippen LogP contribution is 2.41. The number of aliphatic hydroxyl groups excluding tert-OH is 1. The van der Waals surface area contributed by atoms with Gasteiger partial charge in [-0.25, -0.2) is 9.48 Å². The summed E-state index contributed by atoms with van der Waals surface area (Å²) < 4.78 is 1.62. The van der Waals surface area contributed by atoms with Crippen LogP contribution in [0.4, 0.5) is 0 Å². The average molecular weight is 562 g/mol. The molecule has 2 aromatic rings. The Bertz CT molecular complexity index is 1240. The van der Waals surface area contributed by atoms with Crippen molar-refractivity contribution >= 4 is 47.2 Å². The maximum atomic E-state index is 12.9. The number of benzene rings is 1. The number of nitrogens with zero attached hydrogens (tertiary/aromatic N) is 5. The number of carboxylic acid groups (broad SMARTS) is 1. The molecular weight excluding hydrogens is 534 g/mol. The van der Waals surface area contributed by atoms with Crippen molar-refractivity contribution in [2.75, 3.05) is 11.5 Å². The van der Waals surface area contributed by atoms with Crippen LogP contribution < -0.4 is 11.1 Å². The highest BCUT2D eigenvalue weighted by Gasteiger charge is 2.54. The van der Waals surface area contributed by atoms with Crippen molar-refractivity contribution in [2.24, 2.45) is 5.73 Å². The lowest BCUT2D eigenvalue weighted by molar-refractivity contribution is -0.151. The van der Waals surface area contributed by atoms with E-state index in [0.717, 1.165) is 12.8 Å². The van der Waals surface area contributed by atoms with Crippen LogP contribution in [0.1, 0.15) is 37.4 Å². The van der Waals surface area contributed by atoms with Crippen LogP contribution in [0, 0.1) is 0 Å². The number of aryl methyl sites for hydroxylation is 1. The van der Waals surface area contributed by atoms with Gasteiger partial charge in [-0.1, -0.05) is 48.5 Å². The van der Waals surface area contributed by atoms with Gasteiger partial charge in [-0.3, -0.25) is 19.3 Å². The summed E-state index contributed by atoms with van der Waals surface area (Å²) in [6, 6.07) is 7.40. The zero-order valence-corrected chi connectivity index (χ0v) is 21.9. The number of β-lactam (4-membered cyclic amide) rings is 1. The Morgan fingerprint density at radius 3 is 2.68 bits per heavy atom. The minimum absolute atomic E-state index is 0.106. The summed E-state index contributed by atoms with van der Waals surface area (Å²) >= 11 is 2.61. The van der Waals surface area contributed by atoms with E-state index in [1.54, 1.807) is 35.0 Å². The van der Waals surface area contributed by atoms with Gasteiger partial charge in [0.15, 0.2) is 6.10 Å². The van der Waals surface area contributed by atoms with Gasteiger partial charge in [0.05, 0.1) is 0 Å². The molecule has 0 spiro atoms. The van der Waals surface area contributed by atoms with Crippen LogP contribution >= 0.6 is 23.5 Å². The molecule has 4 rings (SSSR count). The Morgan fingerprint density at radius 2 is 1.97 bits per heavy atom. The Balaban J connectivity index is 1.36. The van der Waals surface area contributed by atoms with Crippen LogP contribution in [0.5, 0.6) is 0 Å². The van der Waals surface area contributed by atoms with Crippen LogP contribution in [0.25, 0.3) is 0 Å². The predicted octanol–water partition coefficient (Wildman–Crippen LogP) is 0.283. The molecule has 0 bridgehead atoms. The minimum atomic E-state index is -1.44. The topological polar surface area (TPSA) is 194 Å². The molecule has 3 atom stereocenters. The minimum Gasteiger partial charge on any atom is -0.477 e. The van der Waals surface area contributed by atoms with E-state index in [0.29, 0.717) is 41.4 Å². The largest absolute Gasteiger partial charge is 0.477 e. The van der Waals surface area contributed by atoms with Crippen molar-refractivity contribution < 1.29 is 29.4 Å². The fraction of sp³-hybridized carbons (Fsp3) is 0.435. The predicted molar refractivity (Wildman–Crippen MR) is 137 cm³/mol. The number of aromatic nitrogens is 4. The first-order valence-corrected chi connectivity index (χ1v) is 13.9. The van der Waals surface area contributed by atoms with Crippen LogP contribution in [0.15, 0.2) is 46.8 Å². The second-order valence-corrected chi connectivity index (χ2v) is 10.8. The smallest absolute Gasteiger partial charge is 0.352 e. The number of nitrogens with two attached hydrogens (primary N) is 1. The molecule has 0 aliphatic carbocycles. The monoisotopic (exact) mass is 561 g/mol. The zero-order valence-electron chi connectivity index (χ0n) is 20.2. The zero-order chi connectivity index (χ0) is 27.2. The van der Waals surface area contributed by atoms with Crippen LogP contribution in [-0.2, 0) is 25.7 Å². The number of thioether (sulfide) groups is 2. The van der Waals surface area contributed by atoms with Gasteiger partial charge < -0.3 is 21.3 Å². The third-order valence-corrected chi connectivity index (χ3v) is 8.46. The molecule has 13 nitrogen and oxygen atoms in total. The summed E-state index contributed by atoms with van der Waals surface area (Å²) in [6.45, 7) is 0.538. The van der Waals surface area contributed by atoms with Crippen molar-refractivity contribution in [3.05, 3.63) is 47.2 Å². The molecule has 0 radical (unpaired) electrons. The number of carboxylic acids is 1. The molecule has 38 heavy (non-hydrogen) atoms. The van der Waals surface area contributed by atoms with Crippen LogP contribution in [0.3, 0.4) is 0 Å². The number of rotatable bonds is 13. The van der Waals surface area contributed by atoms with Crippen LogP contribution in [0.2, 0.25) is 0 Å². The molecule has 1 aromatic carbocycles. The van der Waals surface area contributed by atoms with E-state index in [1.165, 1.54) is 28.4 Å². The van der Waals surface area contributed by atoms with E-state index >= 15 is 0 Å². The maximum absolute atomic E-state index is 12.9. The number of carbonyl (C=O) groups excluding carboxylic acids is 3. The van der Waals surface area contributed by atoms with Gasteiger partial charge in [-0.05, 0) is 34.4 Å². The standard InChI is InChI=1S/C23H27N7O6S2/c24-15(31)9-5-2-6-10-29-23(26-27-28-29)38-12-14-11-37-21-16(20(34)30(21)17(14)22(35)36)25-19(33)18(32)13-7-3-1-4-8-13/h1,3-4,7-8,16,18,21,32H,2,5-6,9-12H2,(H2,24,31)(H,25,33)(H,35,36)/t16?,18-,21-/m1/s1. The van der Waals surface area contributed by atoms with Crippen LogP contribution in [-0.4, -0.2) is 81.9 Å². The summed E-state index contributed by atoms with van der Waals surface area (Å²) in [4.78, 5) is 49.6. The number of amides is 3. The number of fused-ring (bicyclic) bond motifs is 1. The molecule has 202 valence electrons. The maximum Gasteiger partial charge on any atom is 0.352 e. The molecule has 3 heterocycles. The number of primary amides is 1. The van der Waals surface area contributed by atoms with Gasteiger partial charge in [0.2, 0.25) is 11.1 Å². The lowest BCUT2D eigenvalue weighted by Gasteiger charge is -2.49. The Morgan fingerprint density at radius 1 is 1.21 bits per heavy atom. The molecule has 5 N–H and O–H groups in total. The molecule has 1 aromatic heterocycles. The molecule has 3 amide bonds. The van der Waals surface area contributed by atoms with Gasteiger partial charge in [-0.2, -0.15) is 0 Å². The highest BCUT2D eigenvalue weighted by atomic mass is 32.2. The highest BCUT2D eigenvalue weighted by molar-refractivity contribution is 8.01. The number of aliphatic carboxylic acids is 1. The number of nitrogens with one attached hydrogen (secondary N) is 1. The Kier molecular flexibility index (Phi) is 9.01. The normalized spacial score (nSPS) is 19.5. The number of tetrazole rings is 1. The molecule has 1 fully saturated rings. The van der Waals surface area contributed by atoms with Gasteiger partial charge in [0.25, 0.3) is 11.8 Å². The van der Waals surface area contributed by atoms with E-state index in [1.807, 2.05) is 0 Å². The summed E-state index contributed by atoms with van der Waals surface area (Å²) in [5.41, 5.74) is 5.98. The van der Waals surface area contributed by atoms with E-state index in [-0.39, 0.29) is 17.4 Å². The Hall–Kier alpha value is -3.43. The molecule has 2 aliphatic heterocycles. The third-order valence-electron chi connectivity index (χ3n) is 6.08. The molecule has 0 saturated carbocycles. The summed E-state index contributed by atoms with van der Waals surface area (Å²) in [7, 11) is 0. The SMILES string of the molecule is NC(=O)CCCCCn1nnnc1SCC1=C(C(=O)O)N2C(=O)C(NC(=O)[C@H](O)c3ccccc3)[C@H]2SC1. The van der Waals surface area contributed by atoms with Gasteiger partial charge in [0, 0.05) is 24.5 Å². The molecule has 15 heteroatoms. The van der Waals surface area contributed by atoms with Crippen molar-refractivity contribution in [3.63, 3.8) is 0 Å². The fourth-order valence-corrected chi connectivity index (χ4v) is 6.53. The third kappa shape index (κ3) is 6.16. The summed E-state index contributed by atoms with van der Waals surface area (Å²) in [5, 5.41) is 34.4. The number of hydrogen-bond donors (Lipinski definition) is 4.